The molecule has 3 nitrogen and oxygen atoms in total. The van der Waals surface area contributed by atoms with Crippen molar-refractivity contribution in [2.45, 2.75) is 33.1 Å². The minimum atomic E-state index is -0.170. The zero-order chi connectivity index (χ0) is 9.40. The first-order chi connectivity index (χ1) is 5.70. The minimum Gasteiger partial charge on any atom is -0.466 e. The summed E-state index contributed by atoms with van der Waals surface area (Å²) in [6.07, 6.45) is 2.59. The molecule has 0 N–H and O–H groups in total. The number of ether oxygens (including phenoxy) is 1. The predicted molar refractivity (Wildman–Crippen MR) is 45.7 cm³/mol. The van der Waals surface area contributed by atoms with Gasteiger partial charge in [0.25, 0.3) is 0 Å². The van der Waals surface area contributed by atoms with Crippen LogP contribution in [-0.2, 0) is 14.3 Å². The van der Waals surface area contributed by atoms with E-state index in [-0.39, 0.29) is 11.9 Å². The third-order valence-corrected chi connectivity index (χ3v) is 1.60. The van der Waals surface area contributed by atoms with Gasteiger partial charge in [0, 0.05) is 12.8 Å². The molecule has 0 heterocycles. The molecule has 1 atom stereocenters. The van der Waals surface area contributed by atoms with Crippen molar-refractivity contribution < 1.29 is 14.3 Å². The van der Waals surface area contributed by atoms with E-state index < -0.39 is 0 Å². The lowest BCUT2D eigenvalue weighted by Crippen LogP contribution is -2.09. The number of carbonyl (C=O) groups is 2. The van der Waals surface area contributed by atoms with Crippen LogP contribution in [0.25, 0.3) is 0 Å². The van der Waals surface area contributed by atoms with E-state index >= 15 is 0 Å². The average molecular weight is 172 g/mol. The molecule has 70 valence electrons. The van der Waals surface area contributed by atoms with Gasteiger partial charge in [-0.2, -0.15) is 0 Å². The molecule has 0 fully saturated rings. The summed E-state index contributed by atoms with van der Waals surface area (Å²) in [4.78, 5) is 20.9. The molecule has 0 saturated heterocycles. The van der Waals surface area contributed by atoms with Crippen LogP contribution in [0.1, 0.15) is 33.1 Å². The molecule has 3 heteroatoms. The third kappa shape index (κ3) is 5.89. The number of hydrogen-bond acceptors (Lipinski definition) is 3. The Morgan fingerprint density at radius 2 is 2.25 bits per heavy atom. The van der Waals surface area contributed by atoms with Crippen LogP contribution in [0.3, 0.4) is 0 Å². The topological polar surface area (TPSA) is 43.4 Å². The Kier molecular flexibility index (Phi) is 6.34. The summed E-state index contributed by atoms with van der Waals surface area (Å²) in [5.41, 5.74) is 0. The summed E-state index contributed by atoms with van der Waals surface area (Å²) < 4.78 is 4.77. The Morgan fingerprint density at radius 1 is 1.58 bits per heavy atom. The standard InChI is InChI=1S/C9H16O3/c1-3-12-9(11)7-8(2)5-4-6-10/h6,8H,3-5,7H2,1-2H3/t8-/m1/s1. The summed E-state index contributed by atoms with van der Waals surface area (Å²) >= 11 is 0. The molecule has 0 rings (SSSR count). The maximum absolute atomic E-state index is 10.9. The molecule has 0 aliphatic heterocycles. The van der Waals surface area contributed by atoms with Crippen molar-refractivity contribution >= 4 is 12.3 Å². The van der Waals surface area contributed by atoms with Gasteiger partial charge in [-0.3, -0.25) is 4.79 Å². The SMILES string of the molecule is CCOC(=O)C[C@H](C)CCC=O. The lowest BCUT2D eigenvalue weighted by atomic mass is 10.0. The molecule has 0 saturated carbocycles. The van der Waals surface area contributed by atoms with Gasteiger partial charge in [-0.05, 0) is 19.3 Å². The van der Waals surface area contributed by atoms with Gasteiger partial charge >= 0.3 is 5.97 Å². The van der Waals surface area contributed by atoms with E-state index in [4.69, 9.17) is 4.74 Å². The number of esters is 1. The predicted octanol–water partition coefficient (Wildman–Crippen LogP) is 1.55. The van der Waals surface area contributed by atoms with Crippen LogP contribution in [0.5, 0.6) is 0 Å². The molecule has 0 spiro atoms. The highest BCUT2D eigenvalue weighted by molar-refractivity contribution is 5.69. The van der Waals surface area contributed by atoms with Crippen molar-refractivity contribution in [1.82, 2.24) is 0 Å². The summed E-state index contributed by atoms with van der Waals surface area (Å²) in [5, 5.41) is 0. The van der Waals surface area contributed by atoms with Crippen LogP contribution >= 0.6 is 0 Å². The van der Waals surface area contributed by atoms with E-state index in [0.717, 1.165) is 12.7 Å². The largest absolute Gasteiger partial charge is 0.466 e. The van der Waals surface area contributed by atoms with E-state index in [1.807, 2.05) is 6.92 Å². The highest BCUT2D eigenvalue weighted by Crippen LogP contribution is 2.09. The van der Waals surface area contributed by atoms with E-state index in [1.165, 1.54) is 0 Å². The first kappa shape index (κ1) is 11.1. The van der Waals surface area contributed by atoms with Gasteiger partial charge in [-0.1, -0.05) is 6.92 Å². The highest BCUT2D eigenvalue weighted by Gasteiger charge is 2.08. The van der Waals surface area contributed by atoms with Gasteiger partial charge < -0.3 is 9.53 Å². The average Bonchev–Trinajstić information content (AvgIpc) is 2.01. The molecule has 0 bridgehead atoms. The van der Waals surface area contributed by atoms with Crippen molar-refractivity contribution in [2.75, 3.05) is 6.61 Å². The van der Waals surface area contributed by atoms with Crippen molar-refractivity contribution in [2.24, 2.45) is 5.92 Å². The number of rotatable bonds is 6. The van der Waals surface area contributed by atoms with Crippen molar-refractivity contribution in [3.05, 3.63) is 0 Å². The van der Waals surface area contributed by atoms with Crippen LogP contribution < -0.4 is 0 Å². The number of hydrogen-bond donors (Lipinski definition) is 0. The molecular formula is C9H16O3. The molecule has 0 unspecified atom stereocenters. The fraction of sp³-hybridized carbons (Fsp3) is 0.778. The first-order valence-electron chi connectivity index (χ1n) is 4.30. The number of aldehydes is 1. The van der Waals surface area contributed by atoms with Gasteiger partial charge in [-0.25, -0.2) is 0 Å². The second kappa shape index (κ2) is 6.83. The minimum absolute atomic E-state index is 0.170. The summed E-state index contributed by atoms with van der Waals surface area (Å²) in [7, 11) is 0. The molecule has 0 radical (unpaired) electrons. The van der Waals surface area contributed by atoms with E-state index in [9.17, 15) is 9.59 Å². The Labute approximate surface area is 73.1 Å². The Bertz CT molecular complexity index is 143. The molecule has 0 aromatic heterocycles. The van der Waals surface area contributed by atoms with E-state index in [2.05, 4.69) is 0 Å². The summed E-state index contributed by atoms with van der Waals surface area (Å²) in [6.45, 7) is 4.16. The van der Waals surface area contributed by atoms with Crippen molar-refractivity contribution in [1.29, 1.82) is 0 Å². The van der Waals surface area contributed by atoms with E-state index in [1.54, 1.807) is 6.92 Å². The van der Waals surface area contributed by atoms with Gasteiger partial charge in [0.15, 0.2) is 0 Å². The zero-order valence-electron chi connectivity index (χ0n) is 7.71. The van der Waals surface area contributed by atoms with E-state index in [0.29, 0.717) is 19.4 Å². The summed E-state index contributed by atoms with van der Waals surface area (Å²) in [5.74, 6) is 0.0742. The molecule has 0 aliphatic rings. The van der Waals surface area contributed by atoms with Gasteiger partial charge in [0.1, 0.15) is 6.29 Å². The lowest BCUT2D eigenvalue weighted by molar-refractivity contribution is -0.144. The monoisotopic (exact) mass is 172 g/mol. The van der Waals surface area contributed by atoms with Crippen molar-refractivity contribution in [3.63, 3.8) is 0 Å². The Hall–Kier alpha value is -0.860. The van der Waals surface area contributed by atoms with Crippen LogP contribution in [0.4, 0.5) is 0 Å². The fourth-order valence-electron chi connectivity index (χ4n) is 0.959. The summed E-state index contributed by atoms with van der Waals surface area (Å²) in [6, 6.07) is 0. The highest BCUT2D eigenvalue weighted by atomic mass is 16.5. The Balaban J connectivity index is 3.46. The Morgan fingerprint density at radius 3 is 2.75 bits per heavy atom. The van der Waals surface area contributed by atoms with Crippen LogP contribution in [0, 0.1) is 5.92 Å². The van der Waals surface area contributed by atoms with Crippen LogP contribution in [-0.4, -0.2) is 18.9 Å². The maximum atomic E-state index is 10.9. The number of carbonyl (C=O) groups excluding carboxylic acids is 2. The molecule has 0 amide bonds. The quantitative estimate of drug-likeness (QED) is 0.451. The van der Waals surface area contributed by atoms with Crippen LogP contribution in [0.2, 0.25) is 0 Å². The molecule has 0 aromatic carbocycles. The maximum Gasteiger partial charge on any atom is 0.306 e. The van der Waals surface area contributed by atoms with Crippen LogP contribution in [0.15, 0.2) is 0 Å². The smallest absolute Gasteiger partial charge is 0.306 e. The van der Waals surface area contributed by atoms with Gasteiger partial charge in [0.05, 0.1) is 6.61 Å². The lowest BCUT2D eigenvalue weighted by Gasteiger charge is -2.07. The van der Waals surface area contributed by atoms with Crippen molar-refractivity contribution in [3.8, 4) is 0 Å². The second-order valence-corrected chi connectivity index (χ2v) is 2.86. The van der Waals surface area contributed by atoms with Gasteiger partial charge in [-0.15, -0.1) is 0 Å². The molecule has 0 aliphatic carbocycles. The molecule has 0 aromatic rings. The molecule has 12 heavy (non-hydrogen) atoms. The zero-order valence-corrected chi connectivity index (χ0v) is 7.71. The van der Waals surface area contributed by atoms with Gasteiger partial charge in [0.2, 0.25) is 0 Å². The third-order valence-electron chi connectivity index (χ3n) is 1.60. The normalized spacial score (nSPS) is 12.2. The first-order valence-corrected chi connectivity index (χ1v) is 4.30. The fourth-order valence-corrected chi connectivity index (χ4v) is 0.959. The second-order valence-electron chi connectivity index (χ2n) is 2.86. The molecular weight excluding hydrogens is 156 g/mol.